The number of rotatable bonds is 4. The molecule has 1 unspecified atom stereocenters. The molecular weight excluding hydrogens is 227 g/mol. The number of benzene rings is 1. The predicted octanol–water partition coefficient (Wildman–Crippen LogP) is 1.49. The van der Waals surface area contributed by atoms with E-state index < -0.39 is 6.10 Å². The van der Waals surface area contributed by atoms with Crippen LogP contribution in [0.5, 0.6) is 5.75 Å². The van der Waals surface area contributed by atoms with Gasteiger partial charge in [0.15, 0.2) is 0 Å². The van der Waals surface area contributed by atoms with Gasteiger partial charge in [0, 0.05) is 5.02 Å². The van der Waals surface area contributed by atoms with Crippen molar-refractivity contribution in [2.24, 2.45) is 0 Å². The molecule has 0 amide bonds. The average molecular weight is 239 g/mol. The van der Waals surface area contributed by atoms with E-state index >= 15 is 0 Å². The first-order chi connectivity index (χ1) is 6.22. The third-order valence-corrected chi connectivity index (χ3v) is 1.72. The van der Waals surface area contributed by atoms with E-state index in [1.165, 1.54) is 0 Å². The average Bonchev–Trinajstić information content (AvgIpc) is 2.16. The Morgan fingerprint density at radius 3 is 2.36 bits per heavy atom. The highest BCUT2D eigenvalue weighted by Crippen LogP contribution is 2.15. The van der Waals surface area contributed by atoms with E-state index in [2.05, 4.69) is 0 Å². The molecule has 1 rings (SSSR count). The second-order valence-electron chi connectivity index (χ2n) is 2.60. The first kappa shape index (κ1) is 13.5. The number of ether oxygens (including phenoxy) is 1. The molecular formula is C9H12Cl2O3. The van der Waals surface area contributed by atoms with E-state index in [0.29, 0.717) is 10.8 Å². The van der Waals surface area contributed by atoms with Crippen LogP contribution in [0.25, 0.3) is 0 Å². The van der Waals surface area contributed by atoms with E-state index in [9.17, 15) is 0 Å². The smallest absolute Gasteiger partial charge is 0.119 e. The van der Waals surface area contributed by atoms with E-state index in [0.717, 1.165) is 0 Å². The Morgan fingerprint density at radius 2 is 1.86 bits per heavy atom. The van der Waals surface area contributed by atoms with Gasteiger partial charge >= 0.3 is 0 Å². The van der Waals surface area contributed by atoms with Gasteiger partial charge in [-0.15, -0.1) is 12.4 Å². The summed E-state index contributed by atoms with van der Waals surface area (Å²) in [5, 5.41) is 18.1. The third kappa shape index (κ3) is 4.67. The van der Waals surface area contributed by atoms with Gasteiger partial charge in [-0.05, 0) is 24.3 Å². The van der Waals surface area contributed by atoms with Crippen molar-refractivity contribution in [3.05, 3.63) is 29.3 Å². The zero-order chi connectivity index (χ0) is 9.68. The topological polar surface area (TPSA) is 49.7 Å². The molecule has 0 aromatic heterocycles. The predicted molar refractivity (Wildman–Crippen MR) is 57.3 cm³/mol. The van der Waals surface area contributed by atoms with Gasteiger partial charge in [0.2, 0.25) is 0 Å². The minimum atomic E-state index is -0.837. The standard InChI is InChI=1S/C9H11ClO3.ClH/c10-7-1-3-9(4-2-7)13-6-8(12)5-11;/h1-4,8,11-12H,5-6H2;1H. The summed E-state index contributed by atoms with van der Waals surface area (Å²) in [6, 6.07) is 6.79. The van der Waals surface area contributed by atoms with Gasteiger partial charge < -0.3 is 14.9 Å². The lowest BCUT2D eigenvalue weighted by Gasteiger charge is -2.09. The first-order valence-corrected chi connectivity index (χ1v) is 4.27. The minimum absolute atomic E-state index is 0. The van der Waals surface area contributed by atoms with Gasteiger partial charge in [-0.3, -0.25) is 0 Å². The molecule has 1 atom stereocenters. The van der Waals surface area contributed by atoms with Crippen LogP contribution in [0, 0.1) is 0 Å². The lowest BCUT2D eigenvalue weighted by atomic mass is 10.3. The van der Waals surface area contributed by atoms with Gasteiger partial charge in [-0.1, -0.05) is 11.6 Å². The van der Waals surface area contributed by atoms with Crippen molar-refractivity contribution < 1.29 is 14.9 Å². The molecule has 0 aliphatic carbocycles. The summed E-state index contributed by atoms with van der Waals surface area (Å²) in [5.41, 5.74) is 0. The Labute approximate surface area is 93.7 Å². The molecule has 0 bridgehead atoms. The number of aliphatic hydroxyl groups is 2. The molecule has 1 aromatic rings. The van der Waals surface area contributed by atoms with Gasteiger partial charge in [-0.2, -0.15) is 0 Å². The summed E-state index contributed by atoms with van der Waals surface area (Å²) in [6.07, 6.45) is -0.837. The summed E-state index contributed by atoms with van der Waals surface area (Å²) in [7, 11) is 0. The second kappa shape index (κ2) is 6.90. The fourth-order valence-electron chi connectivity index (χ4n) is 0.776. The minimum Gasteiger partial charge on any atom is -0.491 e. The Hall–Kier alpha value is -0.480. The Balaban J connectivity index is 0.00000169. The van der Waals surface area contributed by atoms with E-state index in [1.807, 2.05) is 0 Å². The second-order valence-corrected chi connectivity index (χ2v) is 3.04. The third-order valence-electron chi connectivity index (χ3n) is 1.47. The molecule has 14 heavy (non-hydrogen) atoms. The lowest BCUT2D eigenvalue weighted by Crippen LogP contribution is -2.21. The maximum absolute atomic E-state index is 8.97. The molecule has 1 aromatic carbocycles. The van der Waals surface area contributed by atoms with E-state index in [4.69, 9.17) is 26.6 Å². The summed E-state index contributed by atoms with van der Waals surface area (Å²) in [6.45, 7) is -0.217. The van der Waals surface area contributed by atoms with Crippen molar-refractivity contribution in [1.29, 1.82) is 0 Å². The van der Waals surface area contributed by atoms with Crippen molar-refractivity contribution >= 4 is 24.0 Å². The Kier molecular flexibility index (Phi) is 6.66. The van der Waals surface area contributed by atoms with Crippen molar-refractivity contribution in [3.63, 3.8) is 0 Å². The Bertz CT molecular complexity index is 251. The monoisotopic (exact) mass is 238 g/mol. The number of halogens is 2. The number of aliphatic hydroxyl groups excluding tert-OH is 2. The zero-order valence-electron chi connectivity index (χ0n) is 7.39. The van der Waals surface area contributed by atoms with E-state index in [-0.39, 0.29) is 25.6 Å². The van der Waals surface area contributed by atoms with Crippen molar-refractivity contribution in [2.45, 2.75) is 6.10 Å². The van der Waals surface area contributed by atoms with Crippen molar-refractivity contribution in [3.8, 4) is 5.75 Å². The number of hydrogen-bond donors (Lipinski definition) is 2. The molecule has 5 heteroatoms. The van der Waals surface area contributed by atoms with Gasteiger partial charge in [-0.25, -0.2) is 0 Å². The van der Waals surface area contributed by atoms with Crippen LogP contribution >= 0.6 is 24.0 Å². The molecule has 0 aliphatic rings. The fourth-order valence-corrected chi connectivity index (χ4v) is 0.902. The summed E-state index contributed by atoms with van der Waals surface area (Å²) < 4.78 is 5.15. The van der Waals surface area contributed by atoms with Crippen molar-refractivity contribution in [1.82, 2.24) is 0 Å². The molecule has 80 valence electrons. The number of hydrogen-bond acceptors (Lipinski definition) is 3. The van der Waals surface area contributed by atoms with Crippen LogP contribution in [0.15, 0.2) is 24.3 Å². The quantitative estimate of drug-likeness (QED) is 0.836. The van der Waals surface area contributed by atoms with Crippen LogP contribution in [-0.4, -0.2) is 29.5 Å². The largest absolute Gasteiger partial charge is 0.491 e. The highest BCUT2D eigenvalue weighted by atomic mass is 35.5. The molecule has 0 spiro atoms. The molecule has 0 fully saturated rings. The molecule has 3 nitrogen and oxygen atoms in total. The molecule has 0 radical (unpaired) electrons. The van der Waals surface area contributed by atoms with Crippen LogP contribution in [0.4, 0.5) is 0 Å². The first-order valence-electron chi connectivity index (χ1n) is 3.89. The lowest BCUT2D eigenvalue weighted by molar-refractivity contribution is 0.0536. The van der Waals surface area contributed by atoms with Crippen LogP contribution in [-0.2, 0) is 0 Å². The van der Waals surface area contributed by atoms with Gasteiger partial charge in [0.1, 0.15) is 18.5 Å². The van der Waals surface area contributed by atoms with Crippen LogP contribution < -0.4 is 4.74 Å². The van der Waals surface area contributed by atoms with Crippen LogP contribution in [0.3, 0.4) is 0 Å². The summed E-state index contributed by atoms with van der Waals surface area (Å²) in [5.74, 6) is 0.622. The van der Waals surface area contributed by atoms with Gasteiger partial charge in [0.25, 0.3) is 0 Å². The maximum atomic E-state index is 8.97. The van der Waals surface area contributed by atoms with Crippen LogP contribution in [0.2, 0.25) is 5.02 Å². The highest BCUT2D eigenvalue weighted by molar-refractivity contribution is 6.30. The van der Waals surface area contributed by atoms with Crippen molar-refractivity contribution in [2.75, 3.05) is 13.2 Å². The highest BCUT2D eigenvalue weighted by Gasteiger charge is 2.02. The molecule has 0 saturated carbocycles. The molecule has 0 heterocycles. The Morgan fingerprint density at radius 1 is 1.29 bits per heavy atom. The van der Waals surface area contributed by atoms with Gasteiger partial charge in [0.05, 0.1) is 6.61 Å². The zero-order valence-corrected chi connectivity index (χ0v) is 8.96. The SMILES string of the molecule is Cl.OCC(O)COc1ccc(Cl)cc1. The fraction of sp³-hybridized carbons (Fsp3) is 0.333. The van der Waals surface area contributed by atoms with Crippen LogP contribution in [0.1, 0.15) is 0 Å². The van der Waals surface area contributed by atoms with E-state index in [1.54, 1.807) is 24.3 Å². The summed E-state index contributed by atoms with van der Waals surface area (Å²) in [4.78, 5) is 0. The molecule has 0 saturated heterocycles. The normalized spacial score (nSPS) is 11.6. The maximum Gasteiger partial charge on any atom is 0.119 e. The summed E-state index contributed by atoms with van der Waals surface area (Å²) >= 11 is 5.66. The molecule has 2 N–H and O–H groups in total. The molecule has 0 aliphatic heterocycles.